The molecule has 2 aliphatic heterocycles. The molecule has 2 aliphatic rings. The molecule has 0 spiro atoms. The SMILES string of the molecule is O=C(C[NH+]1CCN(c2cccc(Cl)c2)CC1)N1CCN(S(=O)(=O)c2ccccc2)CC1. The topological polar surface area (TPSA) is 65.4 Å². The second kappa shape index (κ2) is 9.56. The van der Waals surface area contributed by atoms with E-state index in [1.807, 2.05) is 18.2 Å². The van der Waals surface area contributed by atoms with Gasteiger partial charge in [-0.15, -0.1) is 0 Å². The average molecular weight is 464 g/mol. The Morgan fingerprint density at radius 1 is 0.903 bits per heavy atom. The van der Waals surface area contributed by atoms with Crippen LogP contribution >= 0.6 is 11.6 Å². The molecule has 0 aliphatic carbocycles. The average Bonchev–Trinajstić information content (AvgIpc) is 2.80. The number of halogens is 1. The van der Waals surface area contributed by atoms with Gasteiger partial charge in [0.25, 0.3) is 5.91 Å². The predicted molar refractivity (Wildman–Crippen MR) is 121 cm³/mol. The van der Waals surface area contributed by atoms with Crippen molar-refractivity contribution in [2.75, 3.05) is 63.8 Å². The highest BCUT2D eigenvalue weighted by Gasteiger charge is 2.31. The lowest BCUT2D eigenvalue weighted by atomic mass is 10.2. The molecule has 0 radical (unpaired) electrons. The van der Waals surface area contributed by atoms with Crippen molar-refractivity contribution >= 4 is 33.2 Å². The number of nitrogens with one attached hydrogen (secondary N) is 1. The molecule has 2 saturated heterocycles. The molecule has 0 atom stereocenters. The Hall–Kier alpha value is -2.13. The van der Waals surface area contributed by atoms with Crippen LogP contribution in [0.3, 0.4) is 0 Å². The van der Waals surface area contributed by atoms with Crippen molar-refractivity contribution in [1.82, 2.24) is 9.21 Å². The minimum atomic E-state index is -3.50. The summed E-state index contributed by atoms with van der Waals surface area (Å²) in [5, 5.41) is 0.732. The Balaban J connectivity index is 1.25. The predicted octanol–water partition coefficient (Wildman–Crippen LogP) is 0.578. The third-order valence-corrected chi connectivity index (χ3v) is 8.17. The zero-order valence-electron chi connectivity index (χ0n) is 17.4. The van der Waals surface area contributed by atoms with Crippen molar-refractivity contribution in [3.05, 3.63) is 59.6 Å². The maximum Gasteiger partial charge on any atom is 0.277 e. The van der Waals surface area contributed by atoms with Gasteiger partial charge in [-0.1, -0.05) is 35.9 Å². The Bertz CT molecular complexity index is 1000. The van der Waals surface area contributed by atoms with Crippen LogP contribution in [0.25, 0.3) is 0 Å². The van der Waals surface area contributed by atoms with Crippen LogP contribution in [0.4, 0.5) is 5.69 Å². The molecule has 2 heterocycles. The largest absolute Gasteiger partial charge is 0.360 e. The molecule has 166 valence electrons. The lowest BCUT2D eigenvalue weighted by Crippen LogP contribution is -3.16. The van der Waals surface area contributed by atoms with E-state index in [-0.39, 0.29) is 5.91 Å². The van der Waals surface area contributed by atoms with E-state index < -0.39 is 10.0 Å². The summed E-state index contributed by atoms with van der Waals surface area (Å²) < 4.78 is 27.0. The van der Waals surface area contributed by atoms with Gasteiger partial charge in [-0.25, -0.2) is 8.42 Å². The summed E-state index contributed by atoms with van der Waals surface area (Å²) in [6.07, 6.45) is 0. The molecule has 0 unspecified atom stereocenters. The monoisotopic (exact) mass is 463 g/mol. The highest BCUT2D eigenvalue weighted by Crippen LogP contribution is 2.19. The molecule has 2 aromatic carbocycles. The van der Waals surface area contributed by atoms with Gasteiger partial charge >= 0.3 is 0 Å². The van der Waals surface area contributed by atoms with Crippen molar-refractivity contribution in [2.45, 2.75) is 4.90 Å². The zero-order chi connectivity index (χ0) is 21.8. The van der Waals surface area contributed by atoms with Crippen molar-refractivity contribution in [3.8, 4) is 0 Å². The van der Waals surface area contributed by atoms with Crippen LogP contribution in [0.2, 0.25) is 5.02 Å². The van der Waals surface area contributed by atoms with E-state index in [4.69, 9.17) is 11.6 Å². The van der Waals surface area contributed by atoms with Gasteiger partial charge in [-0.05, 0) is 30.3 Å². The summed E-state index contributed by atoms with van der Waals surface area (Å²) in [6.45, 7) is 5.54. The normalized spacial score (nSPS) is 18.9. The minimum Gasteiger partial charge on any atom is -0.360 e. The smallest absolute Gasteiger partial charge is 0.277 e. The first-order valence-electron chi connectivity index (χ1n) is 10.6. The van der Waals surface area contributed by atoms with Crippen LogP contribution in [-0.2, 0) is 14.8 Å². The summed E-state index contributed by atoms with van der Waals surface area (Å²) in [6, 6.07) is 16.3. The molecule has 31 heavy (non-hydrogen) atoms. The molecule has 0 bridgehead atoms. The number of carbonyl (C=O) groups excluding carboxylic acids is 1. The maximum absolute atomic E-state index is 12.8. The highest BCUT2D eigenvalue weighted by molar-refractivity contribution is 7.89. The minimum absolute atomic E-state index is 0.1000. The van der Waals surface area contributed by atoms with Crippen LogP contribution in [0, 0.1) is 0 Å². The lowest BCUT2D eigenvalue weighted by Gasteiger charge is -2.36. The zero-order valence-corrected chi connectivity index (χ0v) is 19.0. The van der Waals surface area contributed by atoms with Crippen molar-refractivity contribution in [2.24, 2.45) is 0 Å². The van der Waals surface area contributed by atoms with Gasteiger partial charge in [-0.2, -0.15) is 4.31 Å². The quantitative estimate of drug-likeness (QED) is 0.704. The number of hydrogen-bond donors (Lipinski definition) is 1. The first-order valence-corrected chi connectivity index (χ1v) is 12.4. The Kier molecular flexibility index (Phi) is 6.81. The van der Waals surface area contributed by atoms with Crippen LogP contribution in [0.15, 0.2) is 59.5 Å². The molecule has 4 rings (SSSR count). The molecular formula is C22H28ClN4O3S+. The summed E-state index contributed by atoms with van der Waals surface area (Å²) in [7, 11) is -3.50. The van der Waals surface area contributed by atoms with Gasteiger partial charge in [0, 0.05) is 36.9 Å². The first kappa shape index (κ1) is 22.1. The second-order valence-electron chi connectivity index (χ2n) is 7.99. The Morgan fingerprint density at radius 3 is 2.23 bits per heavy atom. The van der Waals surface area contributed by atoms with Crippen LogP contribution in [0.1, 0.15) is 0 Å². The molecule has 2 aromatic rings. The third kappa shape index (κ3) is 5.20. The van der Waals surface area contributed by atoms with Crippen LogP contribution in [0.5, 0.6) is 0 Å². The fraction of sp³-hybridized carbons (Fsp3) is 0.409. The molecule has 9 heteroatoms. The fourth-order valence-electron chi connectivity index (χ4n) is 4.18. The van der Waals surface area contributed by atoms with Crippen molar-refractivity contribution in [1.29, 1.82) is 0 Å². The van der Waals surface area contributed by atoms with Gasteiger partial charge in [-0.3, -0.25) is 4.79 Å². The number of carbonyl (C=O) groups is 1. The summed E-state index contributed by atoms with van der Waals surface area (Å²) in [5.74, 6) is 0.1000. The van der Waals surface area contributed by atoms with E-state index in [1.165, 1.54) is 9.21 Å². The molecule has 0 aromatic heterocycles. The fourth-order valence-corrected chi connectivity index (χ4v) is 5.80. The number of nitrogens with zero attached hydrogens (tertiary/aromatic N) is 3. The number of sulfonamides is 1. The van der Waals surface area contributed by atoms with E-state index in [2.05, 4.69) is 11.0 Å². The standard InChI is InChI=1S/C22H27ClN4O3S/c23-19-5-4-6-20(17-19)25-11-9-24(10-12-25)18-22(28)26-13-15-27(16-14-26)31(29,30)21-7-2-1-3-8-21/h1-8,17H,9-16,18H2/p+1. The number of piperazine rings is 2. The van der Waals surface area contributed by atoms with Crippen LogP contribution < -0.4 is 9.80 Å². The molecular weight excluding hydrogens is 436 g/mol. The highest BCUT2D eigenvalue weighted by atomic mass is 35.5. The van der Waals surface area contributed by atoms with Crippen LogP contribution in [-0.4, -0.2) is 82.4 Å². The Morgan fingerprint density at radius 2 is 1.58 bits per heavy atom. The lowest BCUT2D eigenvalue weighted by molar-refractivity contribution is -0.892. The van der Waals surface area contributed by atoms with Crippen molar-refractivity contribution in [3.63, 3.8) is 0 Å². The van der Waals surface area contributed by atoms with E-state index in [1.54, 1.807) is 35.2 Å². The summed E-state index contributed by atoms with van der Waals surface area (Å²) in [5.41, 5.74) is 1.12. The van der Waals surface area contributed by atoms with E-state index in [0.717, 1.165) is 36.9 Å². The molecule has 1 N–H and O–H groups in total. The van der Waals surface area contributed by atoms with Gasteiger partial charge in [0.1, 0.15) is 0 Å². The molecule has 0 saturated carbocycles. The number of hydrogen-bond acceptors (Lipinski definition) is 4. The first-order chi connectivity index (χ1) is 14.9. The summed E-state index contributed by atoms with van der Waals surface area (Å²) in [4.78, 5) is 18.5. The van der Waals surface area contributed by atoms with E-state index in [9.17, 15) is 13.2 Å². The van der Waals surface area contributed by atoms with Gasteiger partial charge in [0.2, 0.25) is 10.0 Å². The number of benzene rings is 2. The molecule has 7 nitrogen and oxygen atoms in total. The van der Waals surface area contributed by atoms with Crippen molar-refractivity contribution < 1.29 is 18.1 Å². The Labute approximate surface area is 188 Å². The number of amides is 1. The number of quaternary nitrogens is 1. The van der Waals surface area contributed by atoms with Gasteiger partial charge in [0.15, 0.2) is 6.54 Å². The number of anilines is 1. The second-order valence-corrected chi connectivity index (χ2v) is 10.4. The van der Waals surface area contributed by atoms with E-state index >= 15 is 0 Å². The van der Waals surface area contributed by atoms with Gasteiger partial charge in [0.05, 0.1) is 31.1 Å². The van der Waals surface area contributed by atoms with Gasteiger partial charge < -0.3 is 14.7 Å². The molecule has 2 fully saturated rings. The van der Waals surface area contributed by atoms with E-state index in [0.29, 0.717) is 37.6 Å². The maximum atomic E-state index is 12.8. The third-order valence-electron chi connectivity index (χ3n) is 6.02. The summed E-state index contributed by atoms with van der Waals surface area (Å²) >= 11 is 6.10. The molecule has 1 amide bonds. The number of rotatable bonds is 5.